The number of hydrogen-bond acceptors (Lipinski definition) is 4. The molecule has 1 N–H and O–H groups in total. The third-order valence-corrected chi connectivity index (χ3v) is 6.41. The first-order chi connectivity index (χ1) is 17.4. The second-order valence-electron chi connectivity index (χ2n) is 9.50. The summed E-state index contributed by atoms with van der Waals surface area (Å²) < 4.78 is 25.8. The fourth-order valence-corrected chi connectivity index (χ4v) is 4.48. The molecular weight excluding hydrogens is 459 g/mol. The zero-order valence-electron chi connectivity index (χ0n) is 21.1. The molecule has 1 atom stereocenters. The maximum Gasteiger partial charge on any atom is 0.286 e. The van der Waals surface area contributed by atoms with Gasteiger partial charge in [0.1, 0.15) is 23.9 Å². The van der Waals surface area contributed by atoms with Crippen molar-refractivity contribution in [2.24, 2.45) is 5.92 Å². The number of benzene rings is 2. The lowest BCUT2D eigenvalue weighted by Gasteiger charge is -2.38. The largest absolute Gasteiger partial charge is 0.486 e. The standard InChI is InChI=1S/C29H33FN2O4/c1-4-27(33)32-15-13-20-8-9-23(17-25(20)28(32)21-6-5-7-22(30)16-21)35-18-24-10-11-26(36-24)29(34)31-14-12-19(2)3/h5-11,16-17,19,28H,4,12-15,18H2,1-3H3,(H,31,34)/t28-/m1/s1. The summed E-state index contributed by atoms with van der Waals surface area (Å²) in [6, 6.07) is 15.2. The van der Waals surface area contributed by atoms with Gasteiger partial charge < -0.3 is 19.4 Å². The molecule has 190 valence electrons. The molecule has 0 aliphatic carbocycles. The summed E-state index contributed by atoms with van der Waals surface area (Å²) in [5, 5.41) is 2.86. The molecule has 0 bridgehead atoms. The van der Waals surface area contributed by atoms with Crippen LogP contribution in [0.5, 0.6) is 5.75 Å². The van der Waals surface area contributed by atoms with Crippen molar-refractivity contribution < 1.29 is 23.1 Å². The maximum atomic E-state index is 14.1. The number of nitrogens with one attached hydrogen (secondary N) is 1. The Labute approximate surface area is 211 Å². The number of hydrogen-bond donors (Lipinski definition) is 1. The van der Waals surface area contributed by atoms with Crippen LogP contribution in [0.4, 0.5) is 4.39 Å². The summed E-state index contributed by atoms with van der Waals surface area (Å²) in [5.74, 6) is 1.35. The van der Waals surface area contributed by atoms with Crippen LogP contribution < -0.4 is 10.1 Å². The smallest absolute Gasteiger partial charge is 0.286 e. The molecule has 36 heavy (non-hydrogen) atoms. The van der Waals surface area contributed by atoms with Crippen LogP contribution in [-0.2, 0) is 17.8 Å². The third kappa shape index (κ3) is 5.96. The number of carbonyl (C=O) groups is 2. The molecule has 2 heterocycles. The lowest BCUT2D eigenvalue weighted by atomic mass is 9.87. The lowest BCUT2D eigenvalue weighted by Crippen LogP contribution is -2.40. The number of ether oxygens (including phenoxy) is 1. The Morgan fingerprint density at radius 1 is 1.17 bits per heavy atom. The highest BCUT2D eigenvalue weighted by Crippen LogP contribution is 2.37. The van der Waals surface area contributed by atoms with E-state index in [1.54, 1.807) is 18.2 Å². The van der Waals surface area contributed by atoms with Crippen molar-refractivity contribution in [2.45, 2.75) is 52.7 Å². The third-order valence-electron chi connectivity index (χ3n) is 6.41. The van der Waals surface area contributed by atoms with E-state index in [9.17, 15) is 14.0 Å². The molecule has 1 aliphatic rings. The molecule has 4 rings (SSSR count). The van der Waals surface area contributed by atoms with Crippen molar-refractivity contribution in [2.75, 3.05) is 13.1 Å². The lowest BCUT2D eigenvalue weighted by molar-refractivity contribution is -0.132. The van der Waals surface area contributed by atoms with E-state index in [2.05, 4.69) is 19.2 Å². The van der Waals surface area contributed by atoms with Gasteiger partial charge in [0.15, 0.2) is 5.76 Å². The molecule has 1 aromatic heterocycles. The Balaban J connectivity index is 1.50. The molecule has 0 radical (unpaired) electrons. The summed E-state index contributed by atoms with van der Waals surface area (Å²) in [4.78, 5) is 26.8. The quantitative estimate of drug-likeness (QED) is 0.419. The molecule has 0 saturated heterocycles. The van der Waals surface area contributed by atoms with Crippen molar-refractivity contribution in [3.63, 3.8) is 0 Å². The Hall–Kier alpha value is -3.61. The summed E-state index contributed by atoms with van der Waals surface area (Å²) >= 11 is 0. The minimum atomic E-state index is -0.384. The van der Waals surface area contributed by atoms with Crippen molar-refractivity contribution in [3.8, 4) is 5.75 Å². The minimum absolute atomic E-state index is 0.0241. The molecule has 0 spiro atoms. The molecule has 2 amide bonds. The van der Waals surface area contributed by atoms with Crippen LogP contribution in [0, 0.1) is 11.7 Å². The van der Waals surface area contributed by atoms with Crippen molar-refractivity contribution in [1.82, 2.24) is 10.2 Å². The topological polar surface area (TPSA) is 71.8 Å². The Bertz CT molecular complexity index is 1220. The van der Waals surface area contributed by atoms with E-state index in [1.807, 2.05) is 36.1 Å². The van der Waals surface area contributed by atoms with Gasteiger partial charge in [0.25, 0.3) is 5.91 Å². The molecule has 3 aromatic rings. The highest BCUT2D eigenvalue weighted by atomic mass is 19.1. The Kier molecular flexibility index (Phi) is 8.08. The van der Waals surface area contributed by atoms with Gasteiger partial charge in [-0.25, -0.2) is 4.39 Å². The number of fused-ring (bicyclic) bond motifs is 1. The molecular formula is C29H33FN2O4. The predicted molar refractivity (Wildman–Crippen MR) is 135 cm³/mol. The van der Waals surface area contributed by atoms with Crippen LogP contribution >= 0.6 is 0 Å². The molecule has 1 aliphatic heterocycles. The van der Waals surface area contributed by atoms with Crippen LogP contribution in [0.15, 0.2) is 59.0 Å². The van der Waals surface area contributed by atoms with Crippen LogP contribution in [0.2, 0.25) is 0 Å². The predicted octanol–water partition coefficient (Wildman–Crippen LogP) is 5.66. The second-order valence-corrected chi connectivity index (χ2v) is 9.50. The first-order valence-electron chi connectivity index (χ1n) is 12.5. The molecule has 0 unspecified atom stereocenters. The van der Waals surface area contributed by atoms with Gasteiger partial charge in [0.2, 0.25) is 5.91 Å². The van der Waals surface area contributed by atoms with Gasteiger partial charge in [-0.1, -0.05) is 39.0 Å². The van der Waals surface area contributed by atoms with Gasteiger partial charge in [-0.15, -0.1) is 0 Å². The van der Waals surface area contributed by atoms with Crippen LogP contribution in [-0.4, -0.2) is 29.8 Å². The molecule has 6 nitrogen and oxygen atoms in total. The number of nitrogens with zero attached hydrogens (tertiary/aromatic N) is 1. The van der Waals surface area contributed by atoms with Crippen LogP contribution in [0.1, 0.15) is 72.7 Å². The van der Waals surface area contributed by atoms with E-state index in [-0.39, 0.29) is 36.0 Å². The zero-order valence-corrected chi connectivity index (χ0v) is 21.1. The first kappa shape index (κ1) is 25.5. The highest BCUT2D eigenvalue weighted by Gasteiger charge is 2.32. The zero-order chi connectivity index (χ0) is 25.7. The number of furan rings is 1. The fraction of sp³-hybridized carbons (Fsp3) is 0.379. The average Bonchev–Trinajstić information content (AvgIpc) is 3.35. The first-order valence-corrected chi connectivity index (χ1v) is 12.5. The van der Waals surface area contributed by atoms with Gasteiger partial charge in [-0.05, 0) is 71.8 Å². The SMILES string of the molecule is CCC(=O)N1CCc2ccc(OCc3ccc(C(=O)NCCC(C)C)o3)cc2[C@H]1c1cccc(F)c1. The normalized spacial score (nSPS) is 15.0. The Morgan fingerprint density at radius 2 is 2.00 bits per heavy atom. The van der Waals surface area contributed by atoms with E-state index < -0.39 is 0 Å². The van der Waals surface area contributed by atoms with Gasteiger partial charge >= 0.3 is 0 Å². The van der Waals surface area contributed by atoms with E-state index >= 15 is 0 Å². The van der Waals surface area contributed by atoms with Crippen molar-refractivity contribution >= 4 is 11.8 Å². The van der Waals surface area contributed by atoms with E-state index in [0.29, 0.717) is 36.9 Å². The Morgan fingerprint density at radius 3 is 2.75 bits per heavy atom. The maximum absolute atomic E-state index is 14.1. The molecule has 7 heteroatoms. The number of rotatable bonds is 9. The highest BCUT2D eigenvalue weighted by molar-refractivity contribution is 5.91. The number of amides is 2. The monoisotopic (exact) mass is 492 g/mol. The van der Waals surface area contributed by atoms with Crippen molar-refractivity contribution in [1.29, 1.82) is 0 Å². The van der Waals surface area contributed by atoms with E-state index in [1.165, 1.54) is 12.1 Å². The van der Waals surface area contributed by atoms with Gasteiger partial charge in [0.05, 0.1) is 6.04 Å². The van der Waals surface area contributed by atoms with E-state index in [4.69, 9.17) is 9.15 Å². The number of halogens is 1. The van der Waals surface area contributed by atoms with Gasteiger partial charge in [-0.3, -0.25) is 9.59 Å². The molecule has 2 aromatic carbocycles. The summed E-state index contributed by atoms with van der Waals surface area (Å²) in [5.41, 5.74) is 2.76. The van der Waals surface area contributed by atoms with Crippen LogP contribution in [0.25, 0.3) is 0 Å². The minimum Gasteiger partial charge on any atom is -0.486 e. The number of carbonyl (C=O) groups excluding carboxylic acids is 2. The summed E-state index contributed by atoms with van der Waals surface area (Å²) in [7, 11) is 0. The van der Waals surface area contributed by atoms with Crippen LogP contribution in [0.3, 0.4) is 0 Å². The average molecular weight is 493 g/mol. The summed E-state index contributed by atoms with van der Waals surface area (Å²) in [6.07, 6.45) is 2.00. The summed E-state index contributed by atoms with van der Waals surface area (Å²) in [6.45, 7) is 7.38. The van der Waals surface area contributed by atoms with Crippen molar-refractivity contribution in [3.05, 3.63) is 88.6 Å². The molecule has 0 saturated carbocycles. The van der Waals surface area contributed by atoms with Gasteiger partial charge in [-0.2, -0.15) is 0 Å². The fourth-order valence-electron chi connectivity index (χ4n) is 4.48. The second kappa shape index (κ2) is 11.4. The van der Waals surface area contributed by atoms with E-state index in [0.717, 1.165) is 29.5 Å². The van der Waals surface area contributed by atoms with Gasteiger partial charge in [0, 0.05) is 19.5 Å². The molecule has 0 fully saturated rings.